The van der Waals surface area contributed by atoms with Crippen molar-refractivity contribution in [3.05, 3.63) is 48.2 Å². The molecule has 0 aliphatic carbocycles. The second kappa shape index (κ2) is 3.81. The van der Waals surface area contributed by atoms with E-state index in [1.165, 1.54) is 0 Å². The van der Waals surface area contributed by atoms with Crippen molar-refractivity contribution in [2.75, 3.05) is 5.73 Å². The third-order valence-electron chi connectivity index (χ3n) is 2.11. The Morgan fingerprint density at radius 2 is 1.93 bits per heavy atom. The topological polar surface area (TPSA) is 62.7 Å². The van der Waals surface area contributed by atoms with Crippen molar-refractivity contribution in [3.63, 3.8) is 0 Å². The summed E-state index contributed by atoms with van der Waals surface area (Å²) < 4.78 is 0. The molecule has 1 aromatic carbocycles. The van der Waals surface area contributed by atoms with Crippen LogP contribution in [0.1, 0.15) is 5.56 Å². The lowest BCUT2D eigenvalue weighted by Crippen LogP contribution is -1.90. The van der Waals surface area contributed by atoms with Gasteiger partial charge in [-0.05, 0) is 18.2 Å². The minimum atomic E-state index is 0.619. The van der Waals surface area contributed by atoms with Crippen LogP contribution in [0, 0.1) is 11.3 Å². The number of pyridine rings is 1. The number of aromatic nitrogens is 1. The van der Waals surface area contributed by atoms with Gasteiger partial charge in [-0.25, -0.2) is 0 Å². The lowest BCUT2D eigenvalue weighted by molar-refractivity contribution is 1.32. The Bertz CT molecular complexity index is 509. The maximum absolute atomic E-state index is 8.93. The first-order valence-electron chi connectivity index (χ1n) is 4.52. The molecule has 0 aliphatic heterocycles. The fourth-order valence-corrected chi connectivity index (χ4v) is 1.37. The summed E-state index contributed by atoms with van der Waals surface area (Å²) in [6, 6.07) is 13.1. The number of benzene rings is 1. The number of nitrogens with zero attached hydrogens (tertiary/aromatic N) is 2. The van der Waals surface area contributed by atoms with E-state index >= 15 is 0 Å². The highest BCUT2D eigenvalue weighted by molar-refractivity contribution is 5.67. The third kappa shape index (κ3) is 1.79. The van der Waals surface area contributed by atoms with Gasteiger partial charge in [-0.3, -0.25) is 4.98 Å². The summed E-state index contributed by atoms with van der Waals surface area (Å²) in [4.78, 5) is 4.18. The van der Waals surface area contributed by atoms with Gasteiger partial charge in [0.25, 0.3) is 0 Å². The number of rotatable bonds is 1. The van der Waals surface area contributed by atoms with E-state index in [1.807, 2.05) is 24.3 Å². The Kier molecular flexibility index (Phi) is 2.34. The van der Waals surface area contributed by atoms with E-state index < -0.39 is 0 Å². The number of nitrogen functional groups attached to an aromatic ring is 1. The summed E-state index contributed by atoms with van der Waals surface area (Å²) in [6.07, 6.45) is 1.59. The van der Waals surface area contributed by atoms with Crippen molar-refractivity contribution >= 4 is 5.69 Å². The normalized spacial score (nSPS) is 9.53. The minimum Gasteiger partial charge on any atom is -0.397 e. The van der Waals surface area contributed by atoms with Crippen LogP contribution < -0.4 is 5.73 Å². The molecule has 0 saturated carbocycles. The molecule has 3 nitrogen and oxygen atoms in total. The summed E-state index contributed by atoms with van der Waals surface area (Å²) in [5, 5.41) is 8.93. The first kappa shape index (κ1) is 9.22. The molecule has 2 N–H and O–H groups in total. The fraction of sp³-hybridized carbons (Fsp3) is 0. The van der Waals surface area contributed by atoms with Crippen molar-refractivity contribution in [2.24, 2.45) is 0 Å². The molecule has 3 heteroatoms. The second-order valence-corrected chi connectivity index (χ2v) is 3.13. The zero-order valence-electron chi connectivity index (χ0n) is 8.01. The molecule has 1 heterocycles. The summed E-state index contributed by atoms with van der Waals surface area (Å²) >= 11 is 0. The van der Waals surface area contributed by atoms with E-state index in [0.717, 1.165) is 11.3 Å². The average molecular weight is 195 g/mol. The van der Waals surface area contributed by atoms with E-state index in [9.17, 15) is 0 Å². The largest absolute Gasteiger partial charge is 0.397 e. The molecule has 2 aromatic rings. The van der Waals surface area contributed by atoms with Gasteiger partial charge < -0.3 is 5.73 Å². The Morgan fingerprint density at radius 3 is 2.60 bits per heavy atom. The monoisotopic (exact) mass is 195 g/mol. The van der Waals surface area contributed by atoms with E-state index in [4.69, 9.17) is 11.0 Å². The molecular formula is C12H9N3. The van der Waals surface area contributed by atoms with Gasteiger partial charge in [-0.1, -0.05) is 18.2 Å². The molecule has 72 valence electrons. The lowest BCUT2D eigenvalue weighted by Gasteiger charge is -2.02. The van der Waals surface area contributed by atoms with Crippen LogP contribution in [0.5, 0.6) is 0 Å². The highest BCUT2D eigenvalue weighted by Gasteiger charge is 2.04. The van der Waals surface area contributed by atoms with Gasteiger partial charge in [0.15, 0.2) is 0 Å². The SMILES string of the molecule is N#Cc1ccccc1-c1ccc(N)cn1. The van der Waals surface area contributed by atoms with Crippen LogP contribution in [0.2, 0.25) is 0 Å². The van der Waals surface area contributed by atoms with Crippen LogP contribution in [0.3, 0.4) is 0 Å². The number of anilines is 1. The molecule has 0 radical (unpaired) electrons. The molecule has 0 aliphatic rings. The van der Waals surface area contributed by atoms with Gasteiger partial charge in [0, 0.05) is 5.56 Å². The highest BCUT2D eigenvalue weighted by atomic mass is 14.7. The quantitative estimate of drug-likeness (QED) is 0.758. The predicted molar refractivity (Wildman–Crippen MR) is 58.8 cm³/mol. The van der Waals surface area contributed by atoms with Crippen LogP contribution in [-0.4, -0.2) is 4.98 Å². The Balaban J connectivity index is 2.55. The Morgan fingerprint density at radius 1 is 1.13 bits per heavy atom. The molecule has 0 unspecified atom stereocenters. The number of hydrogen-bond acceptors (Lipinski definition) is 3. The predicted octanol–water partition coefficient (Wildman–Crippen LogP) is 2.20. The molecule has 0 atom stereocenters. The minimum absolute atomic E-state index is 0.619. The van der Waals surface area contributed by atoms with E-state index in [-0.39, 0.29) is 0 Å². The average Bonchev–Trinajstić information content (AvgIpc) is 2.30. The van der Waals surface area contributed by atoms with Crippen molar-refractivity contribution in [2.45, 2.75) is 0 Å². The van der Waals surface area contributed by atoms with Gasteiger partial charge in [0.2, 0.25) is 0 Å². The van der Waals surface area contributed by atoms with Gasteiger partial charge >= 0.3 is 0 Å². The zero-order chi connectivity index (χ0) is 10.7. The molecule has 0 amide bonds. The molecule has 15 heavy (non-hydrogen) atoms. The molecule has 0 spiro atoms. The smallest absolute Gasteiger partial charge is 0.0998 e. The fourth-order valence-electron chi connectivity index (χ4n) is 1.37. The van der Waals surface area contributed by atoms with Gasteiger partial charge in [0.1, 0.15) is 0 Å². The van der Waals surface area contributed by atoms with Crippen molar-refractivity contribution in [1.29, 1.82) is 5.26 Å². The van der Waals surface area contributed by atoms with Crippen molar-refractivity contribution in [1.82, 2.24) is 4.98 Å². The van der Waals surface area contributed by atoms with E-state index in [0.29, 0.717) is 11.3 Å². The Hall–Kier alpha value is -2.34. The molecule has 1 aromatic heterocycles. The van der Waals surface area contributed by atoms with Crippen LogP contribution in [0.15, 0.2) is 42.6 Å². The van der Waals surface area contributed by atoms with Gasteiger partial charge in [-0.15, -0.1) is 0 Å². The first-order valence-corrected chi connectivity index (χ1v) is 4.52. The van der Waals surface area contributed by atoms with Crippen LogP contribution in [0.4, 0.5) is 5.69 Å². The molecular weight excluding hydrogens is 186 g/mol. The van der Waals surface area contributed by atoms with Crippen molar-refractivity contribution < 1.29 is 0 Å². The number of hydrogen-bond donors (Lipinski definition) is 1. The molecule has 0 saturated heterocycles. The van der Waals surface area contributed by atoms with Crippen LogP contribution in [-0.2, 0) is 0 Å². The summed E-state index contributed by atoms with van der Waals surface area (Å²) in [6.45, 7) is 0. The zero-order valence-corrected chi connectivity index (χ0v) is 8.01. The molecule has 0 fully saturated rings. The van der Waals surface area contributed by atoms with E-state index in [1.54, 1.807) is 18.3 Å². The third-order valence-corrected chi connectivity index (χ3v) is 2.11. The van der Waals surface area contributed by atoms with Gasteiger partial charge in [-0.2, -0.15) is 5.26 Å². The summed E-state index contributed by atoms with van der Waals surface area (Å²) in [7, 11) is 0. The Labute approximate surface area is 87.8 Å². The van der Waals surface area contributed by atoms with Crippen LogP contribution >= 0.6 is 0 Å². The molecule has 2 rings (SSSR count). The second-order valence-electron chi connectivity index (χ2n) is 3.13. The first-order chi connectivity index (χ1) is 7.31. The van der Waals surface area contributed by atoms with Crippen molar-refractivity contribution in [3.8, 4) is 17.3 Å². The summed E-state index contributed by atoms with van der Waals surface area (Å²) in [5.41, 5.74) is 8.39. The maximum atomic E-state index is 8.93. The highest BCUT2D eigenvalue weighted by Crippen LogP contribution is 2.21. The standard InChI is InChI=1S/C12H9N3/c13-7-9-3-1-2-4-11(9)12-6-5-10(14)8-15-12/h1-6,8H,14H2. The number of nitrogens with two attached hydrogens (primary N) is 1. The number of nitriles is 1. The lowest BCUT2D eigenvalue weighted by atomic mass is 10.1. The maximum Gasteiger partial charge on any atom is 0.0998 e. The van der Waals surface area contributed by atoms with E-state index in [2.05, 4.69) is 11.1 Å². The summed E-state index contributed by atoms with van der Waals surface area (Å²) in [5.74, 6) is 0. The molecule has 0 bridgehead atoms. The van der Waals surface area contributed by atoms with Crippen LogP contribution in [0.25, 0.3) is 11.3 Å². The van der Waals surface area contributed by atoms with Gasteiger partial charge in [0.05, 0.1) is 29.2 Å².